The van der Waals surface area contributed by atoms with Crippen LogP contribution in [-0.4, -0.2) is 61.0 Å². The summed E-state index contributed by atoms with van der Waals surface area (Å²) in [4.78, 5) is 29.5. The third-order valence-corrected chi connectivity index (χ3v) is 5.93. The molecule has 128 valence electrons. The van der Waals surface area contributed by atoms with Gasteiger partial charge in [0.15, 0.2) is 0 Å². The minimum atomic E-state index is -0.468. The summed E-state index contributed by atoms with van der Waals surface area (Å²) in [6.45, 7) is 2.57. The molecule has 0 radical (unpaired) electrons. The summed E-state index contributed by atoms with van der Waals surface area (Å²) in [5.74, 6) is 0.313. The summed E-state index contributed by atoms with van der Waals surface area (Å²) in [5, 5.41) is 0. The Hall–Kier alpha value is -1.88. The average Bonchev–Trinajstić information content (AvgIpc) is 3.33. The molecule has 0 bridgehead atoms. The number of nitrogens with zero attached hydrogens (tertiary/aromatic N) is 2. The number of benzene rings is 1. The molecule has 3 saturated heterocycles. The van der Waals surface area contributed by atoms with Crippen molar-refractivity contribution in [3.8, 4) is 0 Å². The van der Waals surface area contributed by atoms with E-state index in [1.54, 1.807) is 0 Å². The average molecular weight is 328 g/mol. The largest absolute Gasteiger partial charge is 0.368 e. The molecule has 3 aliphatic heterocycles. The van der Waals surface area contributed by atoms with Crippen molar-refractivity contribution in [1.82, 2.24) is 9.80 Å². The Morgan fingerprint density at radius 2 is 2.08 bits per heavy atom. The van der Waals surface area contributed by atoms with Crippen LogP contribution in [0.4, 0.5) is 0 Å². The van der Waals surface area contributed by atoms with Gasteiger partial charge < -0.3 is 14.5 Å². The molecule has 0 saturated carbocycles. The molecule has 5 heteroatoms. The van der Waals surface area contributed by atoms with Gasteiger partial charge in [-0.1, -0.05) is 30.3 Å². The zero-order valence-electron chi connectivity index (χ0n) is 14.1. The number of hydrogen-bond acceptors (Lipinski definition) is 3. The van der Waals surface area contributed by atoms with Gasteiger partial charge in [-0.3, -0.25) is 9.59 Å². The van der Waals surface area contributed by atoms with Gasteiger partial charge in [-0.05, 0) is 24.8 Å². The highest BCUT2D eigenvalue weighted by Crippen LogP contribution is 2.49. The van der Waals surface area contributed by atoms with Gasteiger partial charge in [0.25, 0.3) is 5.91 Å². The fourth-order valence-electron chi connectivity index (χ4n) is 4.59. The monoisotopic (exact) mass is 328 g/mol. The van der Waals surface area contributed by atoms with Crippen molar-refractivity contribution < 1.29 is 14.3 Å². The van der Waals surface area contributed by atoms with Crippen LogP contribution in [0.1, 0.15) is 30.7 Å². The van der Waals surface area contributed by atoms with E-state index >= 15 is 0 Å². The maximum atomic E-state index is 13.0. The molecule has 0 N–H and O–H groups in total. The highest BCUT2D eigenvalue weighted by molar-refractivity contribution is 5.89. The molecule has 2 amide bonds. The highest BCUT2D eigenvalue weighted by atomic mass is 16.5. The van der Waals surface area contributed by atoms with Gasteiger partial charge in [0, 0.05) is 39.2 Å². The Morgan fingerprint density at radius 1 is 1.29 bits per heavy atom. The molecule has 3 atom stereocenters. The summed E-state index contributed by atoms with van der Waals surface area (Å²) < 4.78 is 5.58. The number of carbonyl (C=O) groups is 2. The summed E-state index contributed by atoms with van der Waals surface area (Å²) in [6.07, 6.45) is 2.24. The number of likely N-dealkylation sites (tertiary alicyclic amines) is 2. The van der Waals surface area contributed by atoms with E-state index in [2.05, 4.69) is 12.1 Å². The van der Waals surface area contributed by atoms with E-state index in [1.165, 1.54) is 0 Å². The predicted molar refractivity (Wildman–Crippen MR) is 89.4 cm³/mol. The van der Waals surface area contributed by atoms with Crippen LogP contribution >= 0.6 is 0 Å². The van der Waals surface area contributed by atoms with E-state index in [-0.39, 0.29) is 23.8 Å². The van der Waals surface area contributed by atoms with Gasteiger partial charge in [0.05, 0.1) is 5.41 Å². The van der Waals surface area contributed by atoms with E-state index in [1.807, 2.05) is 35.0 Å². The minimum absolute atomic E-state index is 0.0626. The van der Waals surface area contributed by atoms with Gasteiger partial charge in [0.2, 0.25) is 5.91 Å². The van der Waals surface area contributed by atoms with Crippen LogP contribution in [0.3, 0.4) is 0 Å². The Balaban J connectivity index is 1.65. The van der Waals surface area contributed by atoms with Crippen molar-refractivity contribution in [2.45, 2.75) is 31.3 Å². The lowest BCUT2D eigenvalue weighted by Crippen LogP contribution is -2.41. The number of amides is 2. The SMILES string of the molecule is CN1CC[C@@]2(CN(C(=O)[C@@H]3CCCO3)C[C@@H]2c2ccccc2)C1=O. The molecule has 3 aliphatic rings. The smallest absolute Gasteiger partial charge is 0.251 e. The van der Waals surface area contributed by atoms with Crippen molar-refractivity contribution in [3.63, 3.8) is 0 Å². The highest BCUT2D eigenvalue weighted by Gasteiger charge is 2.57. The molecule has 3 heterocycles. The first-order valence-electron chi connectivity index (χ1n) is 8.83. The molecule has 5 nitrogen and oxygen atoms in total. The van der Waals surface area contributed by atoms with E-state index in [0.717, 1.165) is 31.4 Å². The molecule has 1 spiro atoms. The van der Waals surface area contributed by atoms with Gasteiger partial charge in [-0.15, -0.1) is 0 Å². The summed E-state index contributed by atoms with van der Waals surface area (Å²) in [6, 6.07) is 10.2. The maximum Gasteiger partial charge on any atom is 0.251 e. The lowest BCUT2D eigenvalue weighted by molar-refractivity contribution is -0.141. The lowest BCUT2D eigenvalue weighted by atomic mass is 9.73. The molecule has 0 aliphatic carbocycles. The standard InChI is InChI=1S/C19H24N2O3/c1-20-10-9-19(18(20)23)13-21(17(22)16-8-5-11-24-16)12-15(19)14-6-3-2-4-7-14/h2-4,6-7,15-16H,5,8-13H2,1H3/t15-,16+,19+/m1/s1. The Bertz CT molecular complexity index is 641. The first-order valence-corrected chi connectivity index (χ1v) is 8.83. The summed E-state index contributed by atoms with van der Waals surface area (Å²) in [5.41, 5.74) is 0.688. The van der Waals surface area contributed by atoms with E-state index < -0.39 is 5.41 Å². The van der Waals surface area contributed by atoms with Gasteiger partial charge in [-0.25, -0.2) is 0 Å². The zero-order chi connectivity index (χ0) is 16.7. The van der Waals surface area contributed by atoms with Gasteiger partial charge in [-0.2, -0.15) is 0 Å². The van der Waals surface area contributed by atoms with Crippen LogP contribution in [0.15, 0.2) is 30.3 Å². The number of hydrogen-bond donors (Lipinski definition) is 0. The molecule has 1 aromatic rings. The van der Waals surface area contributed by atoms with Crippen LogP contribution < -0.4 is 0 Å². The molecular weight excluding hydrogens is 304 g/mol. The predicted octanol–water partition coefficient (Wildman–Crippen LogP) is 1.64. The Kier molecular flexibility index (Phi) is 3.83. The number of carbonyl (C=O) groups excluding carboxylic acids is 2. The third kappa shape index (κ3) is 2.34. The first-order chi connectivity index (χ1) is 11.6. The zero-order valence-corrected chi connectivity index (χ0v) is 14.1. The molecular formula is C19H24N2O3. The maximum absolute atomic E-state index is 13.0. The topological polar surface area (TPSA) is 49.9 Å². The van der Waals surface area contributed by atoms with Crippen LogP contribution in [0.5, 0.6) is 0 Å². The normalized spacial score (nSPS) is 33.0. The van der Waals surface area contributed by atoms with Crippen molar-refractivity contribution in [2.24, 2.45) is 5.41 Å². The van der Waals surface area contributed by atoms with Crippen molar-refractivity contribution in [2.75, 3.05) is 33.3 Å². The molecule has 3 fully saturated rings. The second kappa shape index (κ2) is 5.88. The van der Waals surface area contributed by atoms with Gasteiger partial charge in [0.1, 0.15) is 6.10 Å². The Labute approximate surface area is 142 Å². The van der Waals surface area contributed by atoms with Crippen molar-refractivity contribution >= 4 is 11.8 Å². The van der Waals surface area contributed by atoms with E-state index in [4.69, 9.17) is 4.74 Å². The van der Waals surface area contributed by atoms with Crippen molar-refractivity contribution in [1.29, 1.82) is 0 Å². The van der Waals surface area contributed by atoms with Gasteiger partial charge >= 0.3 is 0 Å². The number of ether oxygens (including phenoxy) is 1. The third-order valence-electron chi connectivity index (χ3n) is 5.93. The fourth-order valence-corrected chi connectivity index (χ4v) is 4.59. The Morgan fingerprint density at radius 3 is 2.71 bits per heavy atom. The quantitative estimate of drug-likeness (QED) is 0.829. The van der Waals surface area contributed by atoms with E-state index in [9.17, 15) is 9.59 Å². The molecule has 0 unspecified atom stereocenters. The van der Waals surface area contributed by atoms with Crippen LogP contribution in [0.25, 0.3) is 0 Å². The second-order valence-corrected chi connectivity index (χ2v) is 7.32. The fraction of sp³-hybridized carbons (Fsp3) is 0.579. The molecule has 4 rings (SSSR count). The van der Waals surface area contributed by atoms with Crippen LogP contribution in [0.2, 0.25) is 0 Å². The number of rotatable bonds is 2. The van der Waals surface area contributed by atoms with E-state index in [0.29, 0.717) is 19.7 Å². The molecule has 1 aromatic carbocycles. The molecule has 24 heavy (non-hydrogen) atoms. The summed E-state index contributed by atoms with van der Waals surface area (Å²) in [7, 11) is 1.86. The minimum Gasteiger partial charge on any atom is -0.368 e. The van der Waals surface area contributed by atoms with Crippen LogP contribution in [0, 0.1) is 5.41 Å². The van der Waals surface area contributed by atoms with Crippen LogP contribution in [-0.2, 0) is 14.3 Å². The second-order valence-electron chi connectivity index (χ2n) is 7.32. The van der Waals surface area contributed by atoms with Crippen molar-refractivity contribution in [3.05, 3.63) is 35.9 Å². The summed E-state index contributed by atoms with van der Waals surface area (Å²) >= 11 is 0. The lowest BCUT2D eigenvalue weighted by Gasteiger charge is -2.28. The molecule has 0 aromatic heterocycles. The first kappa shape index (κ1) is 15.6.